The lowest BCUT2D eigenvalue weighted by Gasteiger charge is -2.40. The fourth-order valence-electron chi connectivity index (χ4n) is 4.02. The Labute approximate surface area is 137 Å². The first-order valence-electron chi connectivity index (χ1n) is 8.36. The summed E-state index contributed by atoms with van der Waals surface area (Å²) in [6.45, 7) is 9.11. The van der Waals surface area contributed by atoms with Crippen LogP contribution in [0, 0.1) is 5.41 Å². The van der Waals surface area contributed by atoms with Crippen LogP contribution < -0.4 is 10.0 Å². The maximum Gasteiger partial charge on any atom is 0.136 e. The van der Waals surface area contributed by atoms with Gasteiger partial charge in [-0.05, 0) is 69.7 Å². The summed E-state index contributed by atoms with van der Waals surface area (Å²) in [6, 6.07) is 8.85. The highest BCUT2D eigenvalue weighted by molar-refractivity contribution is 7.90. The van der Waals surface area contributed by atoms with Crippen LogP contribution in [0.1, 0.15) is 50.7 Å². The molecule has 1 aromatic carbocycles. The van der Waals surface area contributed by atoms with E-state index in [4.69, 9.17) is 0 Å². The molecule has 1 heterocycles. The van der Waals surface area contributed by atoms with Gasteiger partial charge in [-0.3, -0.25) is 0 Å². The zero-order valence-electron chi connectivity index (χ0n) is 13.9. The Hall–Kier alpha value is -0.550. The van der Waals surface area contributed by atoms with Crippen LogP contribution in [-0.4, -0.2) is 28.9 Å². The van der Waals surface area contributed by atoms with E-state index >= 15 is 0 Å². The molecule has 3 nitrogen and oxygen atoms in total. The molecule has 1 fully saturated rings. The number of fused-ring (bicyclic) bond motifs is 1. The summed E-state index contributed by atoms with van der Waals surface area (Å²) in [7, 11) is 0. The molecule has 4 heteroatoms. The monoisotopic (exact) mass is 320 g/mol. The van der Waals surface area contributed by atoms with Crippen molar-refractivity contribution in [2.24, 2.45) is 5.41 Å². The van der Waals surface area contributed by atoms with Crippen LogP contribution >= 0.6 is 0 Å². The largest absolute Gasteiger partial charge is 0.598 e. The van der Waals surface area contributed by atoms with Crippen molar-refractivity contribution in [2.75, 3.05) is 19.6 Å². The SMILES string of the molecule is CC(C)(C)[S+]([O-])NC[C@@H]1c2ccccc2CC12CCNCC2. The van der Waals surface area contributed by atoms with E-state index in [-0.39, 0.29) is 4.75 Å². The third-order valence-electron chi connectivity index (χ3n) is 5.29. The van der Waals surface area contributed by atoms with Crippen LogP contribution in [0.3, 0.4) is 0 Å². The minimum atomic E-state index is -0.997. The first kappa shape index (κ1) is 16.3. The Bertz CT molecular complexity index is 520. The van der Waals surface area contributed by atoms with Gasteiger partial charge >= 0.3 is 0 Å². The number of hydrogen-bond acceptors (Lipinski definition) is 3. The van der Waals surface area contributed by atoms with Crippen LogP contribution in [0.5, 0.6) is 0 Å². The van der Waals surface area contributed by atoms with Gasteiger partial charge in [0.15, 0.2) is 0 Å². The summed E-state index contributed by atoms with van der Waals surface area (Å²) in [6.07, 6.45) is 3.62. The molecule has 2 aliphatic rings. The van der Waals surface area contributed by atoms with Gasteiger partial charge in [-0.1, -0.05) is 24.3 Å². The van der Waals surface area contributed by atoms with E-state index in [1.807, 2.05) is 20.8 Å². The lowest BCUT2D eigenvalue weighted by Crippen LogP contribution is -2.46. The summed E-state index contributed by atoms with van der Waals surface area (Å²) in [5, 5.41) is 3.49. The van der Waals surface area contributed by atoms with Gasteiger partial charge in [0.05, 0.1) is 0 Å². The van der Waals surface area contributed by atoms with Crippen molar-refractivity contribution in [3.8, 4) is 0 Å². The van der Waals surface area contributed by atoms with E-state index in [1.54, 1.807) is 0 Å². The standard InChI is InChI=1S/C18H28N2OS/c1-17(2,3)22(21)20-13-16-15-7-5-4-6-14(15)12-18(16)8-10-19-11-9-18/h4-7,16,19-20H,8-13H2,1-3H3/t16-,22?/m1/s1. The maximum atomic E-state index is 12.4. The van der Waals surface area contributed by atoms with Gasteiger partial charge in [0.1, 0.15) is 4.75 Å². The molecule has 1 saturated heterocycles. The summed E-state index contributed by atoms with van der Waals surface area (Å²) in [5.74, 6) is 0.483. The molecule has 0 radical (unpaired) electrons. The molecule has 0 amide bonds. The van der Waals surface area contributed by atoms with Crippen molar-refractivity contribution in [2.45, 2.75) is 50.7 Å². The van der Waals surface area contributed by atoms with Gasteiger partial charge in [-0.15, -0.1) is 4.72 Å². The molecule has 1 aromatic rings. The Balaban J connectivity index is 1.81. The molecule has 0 bridgehead atoms. The van der Waals surface area contributed by atoms with E-state index < -0.39 is 11.4 Å². The number of nitrogens with one attached hydrogen (secondary N) is 2. The molecular weight excluding hydrogens is 292 g/mol. The number of piperidine rings is 1. The second-order valence-electron chi connectivity index (χ2n) is 7.77. The summed E-state index contributed by atoms with van der Waals surface area (Å²) >= 11 is -0.997. The minimum Gasteiger partial charge on any atom is -0.598 e. The molecule has 0 aromatic heterocycles. The first-order chi connectivity index (χ1) is 10.4. The molecule has 1 aliphatic heterocycles. The van der Waals surface area contributed by atoms with Gasteiger partial charge < -0.3 is 9.87 Å². The van der Waals surface area contributed by atoms with Gasteiger partial charge in [-0.2, -0.15) is 0 Å². The maximum absolute atomic E-state index is 12.4. The summed E-state index contributed by atoms with van der Waals surface area (Å²) < 4.78 is 15.5. The lowest BCUT2D eigenvalue weighted by molar-refractivity contribution is 0.172. The van der Waals surface area contributed by atoms with Gasteiger partial charge in [0.2, 0.25) is 0 Å². The normalized spacial score (nSPS) is 25.2. The predicted octanol–water partition coefficient (Wildman–Crippen LogP) is 2.75. The van der Waals surface area contributed by atoms with Crippen molar-refractivity contribution in [3.63, 3.8) is 0 Å². The minimum absolute atomic E-state index is 0.209. The highest BCUT2D eigenvalue weighted by Crippen LogP contribution is 2.52. The summed E-state index contributed by atoms with van der Waals surface area (Å²) in [5.41, 5.74) is 3.32. The van der Waals surface area contributed by atoms with E-state index in [1.165, 1.54) is 30.4 Å². The molecule has 2 atom stereocenters. The third-order valence-corrected chi connectivity index (χ3v) is 6.83. The zero-order valence-corrected chi connectivity index (χ0v) is 14.8. The van der Waals surface area contributed by atoms with Crippen LogP contribution in [0.2, 0.25) is 0 Å². The molecule has 1 aliphatic carbocycles. The quantitative estimate of drug-likeness (QED) is 0.842. The molecule has 1 spiro atoms. The van der Waals surface area contributed by atoms with Crippen molar-refractivity contribution >= 4 is 11.4 Å². The van der Waals surface area contributed by atoms with E-state index in [0.717, 1.165) is 19.6 Å². The second-order valence-corrected chi connectivity index (χ2v) is 9.82. The average molecular weight is 321 g/mol. The van der Waals surface area contributed by atoms with Crippen molar-refractivity contribution in [3.05, 3.63) is 35.4 Å². The molecular formula is C18H28N2OS. The summed E-state index contributed by atoms with van der Waals surface area (Å²) in [4.78, 5) is 0. The lowest BCUT2D eigenvalue weighted by atomic mass is 9.69. The molecule has 122 valence electrons. The van der Waals surface area contributed by atoms with Crippen molar-refractivity contribution in [1.29, 1.82) is 0 Å². The Morgan fingerprint density at radius 3 is 2.64 bits per heavy atom. The Kier molecular flexibility index (Phi) is 4.56. The van der Waals surface area contributed by atoms with Crippen LogP contribution in [0.25, 0.3) is 0 Å². The topological polar surface area (TPSA) is 47.1 Å². The predicted molar refractivity (Wildman–Crippen MR) is 93.3 cm³/mol. The zero-order chi connectivity index (χ0) is 15.8. The first-order valence-corrected chi connectivity index (χ1v) is 9.51. The van der Waals surface area contributed by atoms with Crippen LogP contribution in [-0.2, 0) is 17.8 Å². The third kappa shape index (κ3) is 3.07. The van der Waals surface area contributed by atoms with E-state index in [0.29, 0.717) is 11.3 Å². The molecule has 0 saturated carbocycles. The fraction of sp³-hybridized carbons (Fsp3) is 0.667. The highest BCUT2D eigenvalue weighted by atomic mass is 32.2. The van der Waals surface area contributed by atoms with Gasteiger partial charge in [0, 0.05) is 23.8 Å². The number of hydrogen-bond donors (Lipinski definition) is 2. The Morgan fingerprint density at radius 1 is 1.27 bits per heavy atom. The fourth-order valence-corrected chi connectivity index (χ4v) is 4.77. The van der Waals surface area contributed by atoms with E-state index in [2.05, 4.69) is 34.3 Å². The molecule has 3 rings (SSSR count). The smallest absolute Gasteiger partial charge is 0.136 e. The molecule has 22 heavy (non-hydrogen) atoms. The number of rotatable bonds is 3. The van der Waals surface area contributed by atoms with Crippen LogP contribution in [0.4, 0.5) is 0 Å². The Morgan fingerprint density at radius 2 is 1.95 bits per heavy atom. The van der Waals surface area contributed by atoms with Crippen LogP contribution in [0.15, 0.2) is 24.3 Å². The second kappa shape index (κ2) is 6.16. The number of benzene rings is 1. The van der Waals surface area contributed by atoms with E-state index in [9.17, 15) is 4.55 Å². The van der Waals surface area contributed by atoms with Crippen molar-refractivity contribution < 1.29 is 4.55 Å². The van der Waals surface area contributed by atoms with Gasteiger partial charge in [-0.25, -0.2) is 0 Å². The molecule has 2 N–H and O–H groups in total. The van der Waals surface area contributed by atoms with Gasteiger partial charge in [0.25, 0.3) is 0 Å². The van der Waals surface area contributed by atoms with Crippen molar-refractivity contribution in [1.82, 2.24) is 10.0 Å². The molecule has 1 unspecified atom stereocenters. The average Bonchev–Trinajstić information content (AvgIpc) is 2.77. The highest BCUT2D eigenvalue weighted by Gasteiger charge is 2.46.